The van der Waals surface area contributed by atoms with Crippen molar-refractivity contribution in [3.8, 4) is 0 Å². The maximum Gasteiger partial charge on any atom is 0.261 e. The summed E-state index contributed by atoms with van der Waals surface area (Å²) in [5.74, 6) is -0.00642. The molecule has 146 valence electrons. The molecule has 0 aliphatic carbocycles. The molecule has 0 aliphatic rings. The van der Waals surface area contributed by atoms with E-state index in [2.05, 4.69) is 20.2 Å². The predicted molar refractivity (Wildman–Crippen MR) is 112 cm³/mol. The molecule has 3 aromatic rings. The quantitative estimate of drug-likeness (QED) is 0.550. The highest BCUT2D eigenvalue weighted by molar-refractivity contribution is 8.01. The summed E-state index contributed by atoms with van der Waals surface area (Å²) in [7, 11) is -3.72. The Hall–Kier alpha value is -2.43. The number of anilines is 2. The Bertz CT molecular complexity index is 1050. The van der Waals surface area contributed by atoms with Crippen LogP contribution in [0.1, 0.15) is 11.1 Å². The van der Waals surface area contributed by atoms with Crippen LogP contribution in [-0.2, 0) is 14.8 Å². The van der Waals surface area contributed by atoms with Crippen LogP contribution in [-0.4, -0.2) is 30.3 Å². The molecule has 2 N–H and O–H groups in total. The lowest BCUT2D eigenvalue weighted by molar-refractivity contribution is -0.113. The molecule has 0 aliphatic heterocycles. The predicted octanol–water partition coefficient (Wildman–Crippen LogP) is 3.69. The van der Waals surface area contributed by atoms with E-state index in [1.807, 2.05) is 32.0 Å². The van der Waals surface area contributed by atoms with Crippen LogP contribution >= 0.6 is 23.1 Å². The third-order valence-corrected chi connectivity index (χ3v) is 7.06. The number of sulfonamides is 1. The molecule has 0 radical (unpaired) electrons. The second-order valence-electron chi connectivity index (χ2n) is 5.94. The van der Waals surface area contributed by atoms with E-state index in [9.17, 15) is 13.2 Å². The molecule has 1 aromatic heterocycles. The molecular weight excluding hydrogens is 416 g/mol. The fourth-order valence-electron chi connectivity index (χ4n) is 2.44. The summed E-state index contributed by atoms with van der Waals surface area (Å²) in [5.41, 5.74) is 4.40. The third kappa shape index (κ3) is 5.09. The summed E-state index contributed by atoms with van der Waals surface area (Å²) >= 11 is 2.66. The number of benzene rings is 2. The first kappa shape index (κ1) is 20.3. The summed E-state index contributed by atoms with van der Waals surface area (Å²) in [5, 5.41) is 10.3. The van der Waals surface area contributed by atoms with Crippen molar-refractivity contribution < 1.29 is 13.2 Å². The van der Waals surface area contributed by atoms with Crippen molar-refractivity contribution in [2.75, 3.05) is 15.8 Å². The molecule has 3 rings (SSSR count). The number of para-hydroxylation sites is 1. The molecular formula is C18H18N4O3S3. The Morgan fingerprint density at radius 2 is 1.79 bits per heavy atom. The van der Waals surface area contributed by atoms with E-state index >= 15 is 0 Å². The lowest BCUT2D eigenvalue weighted by atomic mass is 10.1. The van der Waals surface area contributed by atoms with Gasteiger partial charge in [-0.05, 0) is 49.2 Å². The second-order valence-corrected chi connectivity index (χ2v) is 9.68. The monoisotopic (exact) mass is 434 g/mol. The number of rotatable bonds is 7. The fraction of sp³-hybridized carbons (Fsp3) is 0.167. The molecule has 0 atom stereocenters. The van der Waals surface area contributed by atoms with E-state index in [0.717, 1.165) is 11.1 Å². The molecule has 1 heterocycles. The normalized spacial score (nSPS) is 11.2. The van der Waals surface area contributed by atoms with E-state index in [4.69, 9.17) is 0 Å². The third-order valence-electron chi connectivity index (χ3n) is 3.83. The average molecular weight is 435 g/mol. The topological polar surface area (TPSA) is 101 Å². The highest BCUT2D eigenvalue weighted by atomic mass is 32.2. The number of carbonyl (C=O) groups excluding carboxylic acids is 1. The number of aromatic nitrogens is 2. The smallest absolute Gasteiger partial charge is 0.261 e. The molecule has 0 saturated carbocycles. The Balaban J connectivity index is 1.65. The zero-order valence-electron chi connectivity index (χ0n) is 15.2. The van der Waals surface area contributed by atoms with E-state index in [-0.39, 0.29) is 16.6 Å². The number of nitrogens with zero attached hydrogens (tertiary/aromatic N) is 2. The van der Waals surface area contributed by atoms with Gasteiger partial charge in [-0.2, -0.15) is 0 Å². The molecule has 28 heavy (non-hydrogen) atoms. The number of hydrogen-bond donors (Lipinski definition) is 2. The fourth-order valence-corrected chi connectivity index (χ4v) is 4.93. The lowest BCUT2D eigenvalue weighted by Gasteiger charge is -2.13. The van der Waals surface area contributed by atoms with Crippen LogP contribution in [0.15, 0.2) is 57.2 Å². The van der Waals surface area contributed by atoms with E-state index in [0.29, 0.717) is 15.7 Å². The number of amides is 1. The van der Waals surface area contributed by atoms with Crippen molar-refractivity contribution in [1.82, 2.24) is 10.2 Å². The first-order chi connectivity index (χ1) is 13.3. The van der Waals surface area contributed by atoms with Gasteiger partial charge in [0.1, 0.15) is 5.51 Å². The minimum atomic E-state index is -3.72. The van der Waals surface area contributed by atoms with Crippen molar-refractivity contribution in [3.05, 3.63) is 59.1 Å². The van der Waals surface area contributed by atoms with Crippen molar-refractivity contribution in [3.63, 3.8) is 0 Å². The molecule has 0 bridgehead atoms. The lowest BCUT2D eigenvalue weighted by Crippen LogP contribution is -2.16. The van der Waals surface area contributed by atoms with Crippen molar-refractivity contribution >= 4 is 50.4 Å². The van der Waals surface area contributed by atoms with Crippen LogP contribution in [0.3, 0.4) is 0 Å². The van der Waals surface area contributed by atoms with Gasteiger partial charge in [0.05, 0.1) is 16.3 Å². The van der Waals surface area contributed by atoms with Gasteiger partial charge in [-0.15, -0.1) is 10.2 Å². The summed E-state index contributed by atoms with van der Waals surface area (Å²) in [4.78, 5) is 12.1. The highest BCUT2D eigenvalue weighted by Gasteiger charge is 2.16. The van der Waals surface area contributed by atoms with Gasteiger partial charge in [0.15, 0.2) is 4.34 Å². The van der Waals surface area contributed by atoms with Gasteiger partial charge in [0, 0.05) is 5.69 Å². The summed E-state index contributed by atoms with van der Waals surface area (Å²) in [6.07, 6.45) is 0. The Kier molecular flexibility index (Phi) is 6.32. The van der Waals surface area contributed by atoms with Crippen LogP contribution in [0, 0.1) is 13.8 Å². The highest BCUT2D eigenvalue weighted by Crippen LogP contribution is 2.24. The standard InChI is InChI=1S/C18H18N4O3S3/c1-12-4-3-5-13(2)17(12)22-28(24,25)15-8-6-14(7-9-15)20-16(23)10-26-18-21-19-11-27-18/h3-9,11,22H,10H2,1-2H3,(H,20,23). The summed E-state index contributed by atoms with van der Waals surface area (Å²) in [6, 6.07) is 11.6. The van der Waals surface area contributed by atoms with E-state index in [1.54, 1.807) is 17.6 Å². The number of aryl methyl sites for hydroxylation is 2. The van der Waals surface area contributed by atoms with Crippen molar-refractivity contribution in [2.45, 2.75) is 23.1 Å². The zero-order chi connectivity index (χ0) is 20.1. The van der Waals surface area contributed by atoms with Gasteiger partial charge >= 0.3 is 0 Å². The van der Waals surface area contributed by atoms with Crippen LogP contribution < -0.4 is 10.0 Å². The van der Waals surface area contributed by atoms with Gasteiger partial charge in [-0.3, -0.25) is 9.52 Å². The molecule has 0 saturated heterocycles. The van der Waals surface area contributed by atoms with Gasteiger partial charge in [0.25, 0.3) is 10.0 Å². The van der Waals surface area contributed by atoms with Crippen molar-refractivity contribution in [2.24, 2.45) is 0 Å². The molecule has 0 fully saturated rings. The average Bonchev–Trinajstić information content (AvgIpc) is 3.17. The van der Waals surface area contributed by atoms with Crippen LogP contribution in [0.25, 0.3) is 0 Å². The first-order valence-electron chi connectivity index (χ1n) is 8.23. The van der Waals surface area contributed by atoms with Gasteiger partial charge in [-0.25, -0.2) is 8.42 Å². The van der Waals surface area contributed by atoms with Crippen molar-refractivity contribution in [1.29, 1.82) is 0 Å². The molecule has 0 unspecified atom stereocenters. The number of carbonyl (C=O) groups is 1. The Morgan fingerprint density at radius 1 is 1.11 bits per heavy atom. The van der Waals surface area contributed by atoms with Gasteiger partial charge in [0.2, 0.25) is 5.91 Å². The summed E-state index contributed by atoms with van der Waals surface area (Å²) in [6.45, 7) is 3.70. The molecule has 7 nitrogen and oxygen atoms in total. The van der Waals surface area contributed by atoms with Crippen LogP contribution in [0.5, 0.6) is 0 Å². The minimum Gasteiger partial charge on any atom is -0.325 e. The number of hydrogen-bond acceptors (Lipinski definition) is 7. The van der Waals surface area contributed by atoms with Gasteiger partial charge in [-0.1, -0.05) is 41.3 Å². The number of nitrogens with one attached hydrogen (secondary N) is 2. The molecule has 10 heteroatoms. The van der Waals surface area contributed by atoms with E-state index in [1.165, 1.54) is 35.2 Å². The SMILES string of the molecule is Cc1cccc(C)c1NS(=O)(=O)c1ccc(NC(=O)CSc2nncs2)cc1. The Labute approximate surface area is 171 Å². The molecule has 1 amide bonds. The first-order valence-corrected chi connectivity index (χ1v) is 11.6. The molecule has 2 aromatic carbocycles. The van der Waals surface area contributed by atoms with Crippen LogP contribution in [0.2, 0.25) is 0 Å². The maximum atomic E-state index is 12.7. The zero-order valence-corrected chi connectivity index (χ0v) is 17.6. The summed E-state index contributed by atoms with van der Waals surface area (Å²) < 4.78 is 28.7. The van der Waals surface area contributed by atoms with Crippen LogP contribution in [0.4, 0.5) is 11.4 Å². The second kappa shape index (κ2) is 8.72. The minimum absolute atomic E-state index is 0.122. The Morgan fingerprint density at radius 3 is 2.39 bits per heavy atom. The number of thioether (sulfide) groups is 1. The van der Waals surface area contributed by atoms with Gasteiger partial charge < -0.3 is 5.32 Å². The van der Waals surface area contributed by atoms with E-state index < -0.39 is 10.0 Å². The maximum absolute atomic E-state index is 12.7. The molecule has 0 spiro atoms. The largest absolute Gasteiger partial charge is 0.325 e.